The van der Waals surface area contributed by atoms with Crippen molar-refractivity contribution in [2.75, 3.05) is 6.54 Å². The van der Waals surface area contributed by atoms with Crippen LogP contribution in [-0.4, -0.2) is 28.8 Å². The van der Waals surface area contributed by atoms with Crippen molar-refractivity contribution < 1.29 is 24.8 Å². The smallest absolute Gasteiger partial charge is 0.356 e. The van der Waals surface area contributed by atoms with Crippen molar-refractivity contribution in [1.82, 2.24) is 0 Å². The molecule has 4 N–H and O–H groups in total. The predicted octanol–water partition coefficient (Wildman–Crippen LogP) is 0.613. The van der Waals surface area contributed by atoms with Crippen LogP contribution in [-0.2, 0) is 14.5 Å². The SMILES string of the molecule is NCC1(C(C(=O)O)C(=O)OO)CCCCC1. The van der Waals surface area contributed by atoms with E-state index in [1.165, 1.54) is 0 Å². The zero-order chi connectivity index (χ0) is 12.2. The number of carbonyl (C=O) groups excluding carboxylic acids is 1. The third-order valence-corrected chi connectivity index (χ3v) is 3.44. The first-order chi connectivity index (χ1) is 7.57. The molecule has 1 aliphatic rings. The van der Waals surface area contributed by atoms with Crippen LogP contribution in [0.3, 0.4) is 0 Å². The second-order valence-corrected chi connectivity index (χ2v) is 4.31. The fourth-order valence-corrected chi connectivity index (χ4v) is 2.53. The molecule has 0 saturated heterocycles. The highest BCUT2D eigenvalue weighted by molar-refractivity contribution is 5.94. The second-order valence-electron chi connectivity index (χ2n) is 4.31. The molecule has 0 aromatic rings. The van der Waals surface area contributed by atoms with Gasteiger partial charge in [-0.05, 0) is 19.4 Å². The monoisotopic (exact) mass is 231 g/mol. The number of hydrogen-bond acceptors (Lipinski definition) is 5. The van der Waals surface area contributed by atoms with E-state index < -0.39 is 23.3 Å². The van der Waals surface area contributed by atoms with Crippen LogP contribution in [0, 0.1) is 11.3 Å². The molecule has 6 nitrogen and oxygen atoms in total. The van der Waals surface area contributed by atoms with Gasteiger partial charge in [-0.25, -0.2) is 4.79 Å². The molecule has 1 fully saturated rings. The first kappa shape index (κ1) is 12.9. The number of carboxylic acids is 1. The van der Waals surface area contributed by atoms with Gasteiger partial charge in [0.05, 0.1) is 0 Å². The minimum absolute atomic E-state index is 0.110. The van der Waals surface area contributed by atoms with Crippen molar-refractivity contribution >= 4 is 11.9 Å². The molecule has 0 radical (unpaired) electrons. The molecule has 1 unspecified atom stereocenters. The summed E-state index contributed by atoms with van der Waals surface area (Å²) in [6.07, 6.45) is 3.87. The average Bonchev–Trinajstić information content (AvgIpc) is 2.29. The van der Waals surface area contributed by atoms with Crippen molar-refractivity contribution in [3.8, 4) is 0 Å². The zero-order valence-corrected chi connectivity index (χ0v) is 9.02. The largest absolute Gasteiger partial charge is 0.481 e. The van der Waals surface area contributed by atoms with Crippen molar-refractivity contribution in [1.29, 1.82) is 0 Å². The van der Waals surface area contributed by atoms with Crippen molar-refractivity contribution in [2.24, 2.45) is 17.1 Å². The summed E-state index contributed by atoms with van der Waals surface area (Å²) in [5.74, 6) is -3.78. The summed E-state index contributed by atoms with van der Waals surface area (Å²) < 4.78 is 0. The summed E-state index contributed by atoms with van der Waals surface area (Å²) in [6.45, 7) is 0.110. The van der Waals surface area contributed by atoms with Gasteiger partial charge in [-0.3, -0.25) is 4.79 Å². The number of aliphatic carboxylic acids is 1. The minimum atomic E-state index is -1.37. The number of carbonyl (C=O) groups is 2. The summed E-state index contributed by atoms with van der Waals surface area (Å²) in [7, 11) is 0. The maximum atomic E-state index is 11.3. The van der Waals surface area contributed by atoms with Gasteiger partial charge in [-0.1, -0.05) is 19.3 Å². The molecule has 6 heteroatoms. The molecule has 92 valence electrons. The van der Waals surface area contributed by atoms with Gasteiger partial charge in [-0.2, -0.15) is 5.26 Å². The maximum absolute atomic E-state index is 11.3. The molecule has 0 aliphatic heterocycles. The van der Waals surface area contributed by atoms with Crippen LogP contribution in [0.5, 0.6) is 0 Å². The maximum Gasteiger partial charge on any atom is 0.356 e. The van der Waals surface area contributed by atoms with Crippen LogP contribution in [0.25, 0.3) is 0 Å². The Balaban J connectivity index is 2.96. The van der Waals surface area contributed by atoms with Crippen molar-refractivity contribution in [3.63, 3.8) is 0 Å². The van der Waals surface area contributed by atoms with Crippen LogP contribution in [0.2, 0.25) is 0 Å². The van der Waals surface area contributed by atoms with Crippen molar-refractivity contribution in [3.05, 3.63) is 0 Å². The number of hydrogen-bond donors (Lipinski definition) is 3. The first-order valence-corrected chi connectivity index (χ1v) is 5.35. The van der Waals surface area contributed by atoms with Gasteiger partial charge >= 0.3 is 11.9 Å². The Morgan fingerprint density at radius 1 is 1.31 bits per heavy atom. The highest BCUT2D eigenvalue weighted by atomic mass is 17.1. The molecule has 0 heterocycles. The van der Waals surface area contributed by atoms with Crippen LogP contribution in [0.1, 0.15) is 32.1 Å². The highest BCUT2D eigenvalue weighted by Gasteiger charge is 2.48. The van der Waals surface area contributed by atoms with E-state index in [2.05, 4.69) is 4.89 Å². The molecule has 0 spiro atoms. The lowest BCUT2D eigenvalue weighted by Crippen LogP contribution is -2.47. The lowest BCUT2D eigenvalue weighted by Gasteiger charge is -2.38. The summed E-state index contributed by atoms with van der Waals surface area (Å²) in [5, 5.41) is 17.4. The van der Waals surface area contributed by atoms with Crippen LogP contribution in [0.4, 0.5) is 0 Å². The van der Waals surface area contributed by atoms with Gasteiger partial charge in [-0.15, -0.1) is 0 Å². The Labute approximate surface area is 93.3 Å². The van der Waals surface area contributed by atoms with Gasteiger partial charge in [0.2, 0.25) is 0 Å². The molecular weight excluding hydrogens is 214 g/mol. The third-order valence-electron chi connectivity index (χ3n) is 3.44. The summed E-state index contributed by atoms with van der Waals surface area (Å²) in [5.41, 5.74) is 4.84. The molecule has 1 atom stereocenters. The molecular formula is C10H17NO5. The molecule has 0 aromatic carbocycles. The van der Waals surface area contributed by atoms with E-state index in [0.717, 1.165) is 19.3 Å². The van der Waals surface area contributed by atoms with Crippen LogP contribution in [0.15, 0.2) is 0 Å². The Morgan fingerprint density at radius 2 is 1.88 bits per heavy atom. The summed E-state index contributed by atoms with van der Waals surface area (Å²) in [6, 6.07) is 0. The van der Waals surface area contributed by atoms with Gasteiger partial charge < -0.3 is 15.7 Å². The van der Waals surface area contributed by atoms with Crippen molar-refractivity contribution in [2.45, 2.75) is 32.1 Å². The first-order valence-electron chi connectivity index (χ1n) is 5.35. The molecule has 0 aromatic heterocycles. The highest BCUT2D eigenvalue weighted by Crippen LogP contribution is 2.42. The quantitative estimate of drug-likeness (QED) is 0.371. The molecule has 1 rings (SSSR count). The predicted molar refractivity (Wildman–Crippen MR) is 54.4 cm³/mol. The molecule has 1 saturated carbocycles. The van der Waals surface area contributed by atoms with E-state index in [4.69, 9.17) is 16.1 Å². The fraction of sp³-hybridized carbons (Fsp3) is 0.800. The van der Waals surface area contributed by atoms with E-state index in [9.17, 15) is 9.59 Å². The topological polar surface area (TPSA) is 110 Å². The van der Waals surface area contributed by atoms with Crippen LogP contribution >= 0.6 is 0 Å². The Morgan fingerprint density at radius 3 is 2.25 bits per heavy atom. The molecule has 16 heavy (non-hydrogen) atoms. The summed E-state index contributed by atoms with van der Waals surface area (Å²) >= 11 is 0. The number of carboxylic acid groups (broad SMARTS) is 1. The number of nitrogens with two attached hydrogens (primary N) is 1. The minimum Gasteiger partial charge on any atom is -0.481 e. The zero-order valence-electron chi connectivity index (χ0n) is 9.02. The molecule has 0 bridgehead atoms. The lowest BCUT2D eigenvalue weighted by molar-refractivity contribution is -0.243. The van der Waals surface area contributed by atoms with Gasteiger partial charge in [0.25, 0.3) is 0 Å². The third kappa shape index (κ3) is 2.33. The lowest BCUT2D eigenvalue weighted by atomic mass is 9.65. The van der Waals surface area contributed by atoms with Gasteiger partial charge in [0.15, 0.2) is 5.92 Å². The van der Waals surface area contributed by atoms with Gasteiger partial charge in [0, 0.05) is 5.41 Å². The Kier molecular flexibility index (Phi) is 4.26. The van der Waals surface area contributed by atoms with E-state index in [-0.39, 0.29) is 6.54 Å². The number of rotatable bonds is 4. The average molecular weight is 231 g/mol. The Hall–Kier alpha value is -1.14. The standard InChI is InChI=1S/C10H17NO5/c11-6-10(4-2-1-3-5-10)7(8(12)13)9(14)16-15/h7,15H,1-6,11H2,(H,12,13). The molecule has 1 aliphatic carbocycles. The van der Waals surface area contributed by atoms with E-state index >= 15 is 0 Å². The second kappa shape index (κ2) is 5.27. The van der Waals surface area contributed by atoms with Gasteiger partial charge in [0.1, 0.15) is 0 Å². The normalized spacial score (nSPS) is 21.1. The van der Waals surface area contributed by atoms with E-state index in [0.29, 0.717) is 12.8 Å². The Bertz CT molecular complexity index is 272. The van der Waals surface area contributed by atoms with Crippen LogP contribution < -0.4 is 5.73 Å². The van der Waals surface area contributed by atoms with E-state index in [1.54, 1.807) is 0 Å². The van der Waals surface area contributed by atoms with E-state index in [1.807, 2.05) is 0 Å². The summed E-state index contributed by atoms with van der Waals surface area (Å²) in [4.78, 5) is 26.0. The molecule has 0 amide bonds. The fourth-order valence-electron chi connectivity index (χ4n) is 2.53.